The molecular formula is C58H68F3N7O8S2. The first kappa shape index (κ1) is 55.1. The molecular weight excluding hydrogens is 1040 g/mol. The molecule has 0 unspecified atom stereocenters. The molecule has 1 spiro atoms. The van der Waals surface area contributed by atoms with Gasteiger partial charge in [0, 0.05) is 81.2 Å². The second kappa shape index (κ2) is 21.8. The Kier molecular flexibility index (Phi) is 15.4. The van der Waals surface area contributed by atoms with Crippen LogP contribution in [-0.2, 0) is 26.4 Å². The molecule has 20 heteroatoms. The van der Waals surface area contributed by atoms with E-state index in [9.17, 15) is 39.9 Å². The fraction of sp³-hybridized carbons (Fsp3) is 0.448. The average molecular weight is 1110 g/mol. The van der Waals surface area contributed by atoms with Gasteiger partial charge in [0.15, 0.2) is 0 Å². The normalized spacial score (nSPS) is 21.6. The van der Waals surface area contributed by atoms with Gasteiger partial charge in [0.2, 0.25) is 0 Å². The number of halogens is 3. The molecule has 4 heterocycles. The number of aromatic nitrogens is 2. The molecule has 2 aromatic heterocycles. The van der Waals surface area contributed by atoms with Crippen molar-refractivity contribution in [3.63, 3.8) is 0 Å². The lowest BCUT2D eigenvalue weighted by Gasteiger charge is -2.58. The lowest BCUT2D eigenvalue weighted by atomic mass is 9.59. The SMILES string of the molecule is COc1ccc(CN2CCN(C3CC4(CCN(c5ccc(C(=O)NS(=O)(=O)c6ccc(NCC7CCC(C)(O)CC7)c(S(=O)(=O)C(F)(F)F)c6)c(Oc6cnc7[nH]ccc7c6)c5)CC4)C3)[C@H](c3ccccc3C(C)C)C2)cc1. The van der Waals surface area contributed by atoms with E-state index in [0.29, 0.717) is 49.4 Å². The number of piperazine rings is 1. The van der Waals surface area contributed by atoms with Crippen molar-refractivity contribution in [2.75, 3.05) is 56.6 Å². The molecule has 0 bridgehead atoms. The number of hydrogen-bond acceptors (Lipinski definition) is 13. The molecule has 0 radical (unpaired) electrons. The number of H-pyrrole nitrogens is 1. The van der Waals surface area contributed by atoms with Crippen molar-refractivity contribution in [1.29, 1.82) is 0 Å². The average Bonchev–Trinajstić information content (AvgIpc) is 3.97. The third kappa shape index (κ3) is 11.7. The maximum absolute atomic E-state index is 14.2. The number of aliphatic hydroxyl groups is 1. The van der Waals surface area contributed by atoms with E-state index in [1.165, 1.54) is 29.0 Å². The highest BCUT2D eigenvalue weighted by Gasteiger charge is 2.51. The second-order valence-corrected chi connectivity index (χ2v) is 26.0. The summed E-state index contributed by atoms with van der Waals surface area (Å²) in [4.78, 5) is 27.0. The number of carbonyl (C=O) groups excluding carboxylic acids is 1. The molecule has 78 heavy (non-hydrogen) atoms. The van der Waals surface area contributed by atoms with E-state index < -0.39 is 52.4 Å². The van der Waals surface area contributed by atoms with Gasteiger partial charge in [0.05, 0.1) is 35.1 Å². The predicted octanol–water partition coefficient (Wildman–Crippen LogP) is 10.6. The van der Waals surface area contributed by atoms with Crippen LogP contribution in [0.1, 0.15) is 111 Å². The molecule has 2 saturated heterocycles. The first-order valence-corrected chi connectivity index (χ1v) is 29.7. The highest BCUT2D eigenvalue weighted by atomic mass is 32.2. The van der Waals surface area contributed by atoms with E-state index in [0.717, 1.165) is 93.9 Å². The molecule has 6 aromatic rings. The summed E-state index contributed by atoms with van der Waals surface area (Å²) in [5, 5.41) is 13.9. The van der Waals surface area contributed by atoms with Crippen LogP contribution >= 0.6 is 0 Å². The van der Waals surface area contributed by atoms with Gasteiger partial charge in [0.25, 0.3) is 25.8 Å². The van der Waals surface area contributed by atoms with Crippen molar-refractivity contribution in [3.8, 4) is 17.2 Å². The number of anilines is 2. The number of sulfone groups is 1. The number of amides is 1. The maximum atomic E-state index is 14.2. The number of alkyl halides is 3. The first-order valence-electron chi connectivity index (χ1n) is 26.8. The lowest BCUT2D eigenvalue weighted by Crippen LogP contribution is -2.60. The third-order valence-electron chi connectivity index (χ3n) is 16.7. The van der Waals surface area contributed by atoms with Crippen LogP contribution in [0.5, 0.6) is 17.2 Å². The maximum Gasteiger partial charge on any atom is 0.501 e. The summed E-state index contributed by atoms with van der Waals surface area (Å²) in [5.41, 5.74) is -1.72. The fourth-order valence-corrected chi connectivity index (χ4v) is 14.1. The minimum atomic E-state index is -6.07. The Hall–Kier alpha value is -6.19. The summed E-state index contributed by atoms with van der Waals surface area (Å²) in [6.07, 6.45) is 9.26. The number of piperidine rings is 1. The zero-order chi connectivity index (χ0) is 55.2. The van der Waals surface area contributed by atoms with Crippen LogP contribution in [0.2, 0.25) is 0 Å². The zero-order valence-electron chi connectivity index (χ0n) is 44.4. The Morgan fingerprint density at radius 1 is 0.885 bits per heavy atom. The molecule has 2 saturated carbocycles. The topological polar surface area (TPSA) is 186 Å². The summed E-state index contributed by atoms with van der Waals surface area (Å²) < 4.78 is 110. The smallest absolute Gasteiger partial charge is 0.497 e. The highest BCUT2D eigenvalue weighted by Crippen LogP contribution is 2.53. The van der Waals surface area contributed by atoms with E-state index >= 15 is 0 Å². The van der Waals surface area contributed by atoms with Crippen molar-refractivity contribution in [1.82, 2.24) is 24.5 Å². The number of ether oxygens (including phenoxy) is 2. The summed E-state index contributed by atoms with van der Waals surface area (Å²) in [6, 6.07) is 28.6. The summed E-state index contributed by atoms with van der Waals surface area (Å²) >= 11 is 0. The minimum absolute atomic E-state index is 0.00356. The van der Waals surface area contributed by atoms with E-state index in [4.69, 9.17) is 9.47 Å². The molecule has 1 atom stereocenters. The number of carbonyl (C=O) groups is 1. The number of rotatable bonds is 16. The molecule has 4 fully saturated rings. The highest BCUT2D eigenvalue weighted by molar-refractivity contribution is 7.92. The molecule has 4 aliphatic rings. The van der Waals surface area contributed by atoms with E-state index in [1.54, 1.807) is 44.5 Å². The van der Waals surface area contributed by atoms with Crippen LogP contribution in [-0.4, -0.2) is 111 Å². The molecule has 2 aliphatic heterocycles. The number of benzene rings is 4. The van der Waals surface area contributed by atoms with Crippen molar-refractivity contribution < 1.29 is 49.4 Å². The Balaban J connectivity index is 0.852. The number of hydrogen-bond donors (Lipinski definition) is 4. The van der Waals surface area contributed by atoms with Crippen molar-refractivity contribution in [3.05, 3.63) is 132 Å². The minimum Gasteiger partial charge on any atom is -0.497 e. The van der Waals surface area contributed by atoms with Crippen LogP contribution in [0.4, 0.5) is 24.5 Å². The molecule has 1 amide bonds. The van der Waals surface area contributed by atoms with Gasteiger partial charge in [-0.3, -0.25) is 14.6 Å². The first-order chi connectivity index (χ1) is 37.1. The van der Waals surface area contributed by atoms with Gasteiger partial charge in [-0.25, -0.2) is 26.5 Å². The molecule has 416 valence electrons. The second-order valence-electron chi connectivity index (χ2n) is 22.4. The number of sulfonamides is 1. The van der Waals surface area contributed by atoms with Crippen LogP contribution in [0, 0.1) is 11.3 Å². The Morgan fingerprint density at radius 3 is 2.32 bits per heavy atom. The molecule has 4 aromatic carbocycles. The monoisotopic (exact) mass is 1110 g/mol. The Labute approximate surface area is 454 Å². The molecule has 15 nitrogen and oxygen atoms in total. The number of methoxy groups -OCH3 is 1. The molecule has 10 rings (SSSR count). The molecule has 4 N–H and O–H groups in total. The van der Waals surface area contributed by atoms with Crippen LogP contribution in [0.15, 0.2) is 119 Å². The largest absolute Gasteiger partial charge is 0.501 e. The number of nitrogens with one attached hydrogen (secondary N) is 3. The number of pyridine rings is 1. The summed E-state index contributed by atoms with van der Waals surface area (Å²) in [6.45, 7) is 11.5. The standard InChI is InChI=1S/C58H68F3N7O8S2/c1-38(2)47-7-5-6-8-48(47)51-37-66(36-40-9-12-44(75-4)13-10-40)27-28-68(51)43-32-57(33-43)22-25-67(26-23-57)42-11-15-49(52(30-42)76-45-29-41-19-24-62-54(41)64-35-45)55(69)65-78(73,74)46-14-16-50(53(31-46)77(71,72)58(59,60)61)63-34-39-17-20-56(3,70)21-18-39/h5-16,19,24,29-31,35,38-39,43,51,63,70H,17-18,20-23,25-28,32-34,36-37H2,1-4H3,(H,62,64)(H,65,69)/t39?,51-,56?/m0/s1. The predicted molar refractivity (Wildman–Crippen MR) is 293 cm³/mol. The van der Waals surface area contributed by atoms with Crippen LogP contribution in [0.25, 0.3) is 11.0 Å². The zero-order valence-corrected chi connectivity index (χ0v) is 46.0. The number of fused-ring (bicyclic) bond motifs is 1. The van der Waals surface area contributed by atoms with Crippen LogP contribution < -0.4 is 24.4 Å². The van der Waals surface area contributed by atoms with Crippen LogP contribution in [0.3, 0.4) is 0 Å². The van der Waals surface area contributed by atoms with E-state index in [2.05, 4.69) is 80.2 Å². The summed E-state index contributed by atoms with van der Waals surface area (Å²) in [5.74, 6) is 0.255. The Bertz CT molecular complexity index is 3360. The van der Waals surface area contributed by atoms with Crippen molar-refractivity contribution >= 4 is 48.2 Å². The van der Waals surface area contributed by atoms with Gasteiger partial charge in [-0.2, -0.15) is 13.2 Å². The lowest BCUT2D eigenvalue weighted by molar-refractivity contribution is -0.0628. The van der Waals surface area contributed by atoms with Crippen molar-refractivity contribution in [2.24, 2.45) is 11.3 Å². The van der Waals surface area contributed by atoms with Gasteiger partial charge in [-0.15, -0.1) is 0 Å². The van der Waals surface area contributed by atoms with Gasteiger partial charge >= 0.3 is 5.51 Å². The third-order valence-corrected chi connectivity index (χ3v) is 19.6. The van der Waals surface area contributed by atoms with E-state index in [1.807, 2.05) is 16.9 Å². The molecule has 2 aliphatic carbocycles. The van der Waals surface area contributed by atoms with E-state index in [-0.39, 0.29) is 41.0 Å². The number of aromatic amines is 1. The Morgan fingerprint density at radius 2 is 1.62 bits per heavy atom. The fourth-order valence-electron chi connectivity index (χ4n) is 12.1. The summed E-state index contributed by atoms with van der Waals surface area (Å²) in [7, 11) is -9.38. The van der Waals surface area contributed by atoms with Gasteiger partial charge in [-0.05, 0) is 147 Å². The van der Waals surface area contributed by atoms with Crippen molar-refractivity contribution in [2.45, 2.75) is 118 Å². The van der Waals surface area contributed by atoms with Gasteiger partial charge in [0.1, 0.15) is 27.8 Å². The number of nitrogens with zero attached hydrogens (tertiary/aromatic N) is 4. The quantitative estimate of drug-likeness (QED) is 0.0718. The van der Waals surface area contributed by atoms with Gasteiger partial charge < -0.3 is 29.8 Å². The van der Waals surface area contributed by atoms with Gasteiger partial charge in [-0.1, -0.05) is 50.2 Å².